The Morgan fingerprint density at radius 3 is 2.81 bits per heavy atom. The van der Waals surface area contributed by atoms with Crippen LogP contribution in [0.3, 0.4) is 0 Å². The number of halogens is 1. The fourth-order valence-corrected chi connectivity index (χ4v) is 1.60. The van der Waals surface area contributed by atoms with Crippen molar-refractivity contribution in [3.63, 3.8) is 0 Å². The molecule has 8 nitrogen and oxygen atoms in total. The molecule has 1 heterocycles. The molecule has 0 radical (unpaired) electrons. The molecule has 0 atom stereocenters. The topological polar surface area (TPSA) is 117 Å². The van der Waals surface area contributed by atoms with Crippen LogP contribution in [-0.4, -0.2) is 15.1 Å². The Balaban J connectivity index is 2.11. The minimum Gasteiger partial charge on any atom is -0.482 e. The number of rotatable bonds is 5. The second-order valence-electron chi connectivity index (χ2n) is 4.89. The van der Waals surface area contributed by atoms with Crippen molar-refractivity contribution in [2.24, 2.45) is 5.73 Å². The average molecular weight is 313 g/mol. The fourth-order valence-electron chi connectivity index (χ4n) is 1.43. The molecular formula is C12H13ClN4O4. The van der Waals surface area contributed by atoms with Crippen LogP contribution in [0.15, 0.2) is 22.7 Å². The van der Waals surface area contributed by atoms with Gasteiger partial charge in [-0.25, -0.2) is 0 Å². The average Bonchev–Trinajstić information content (AvgIpc) is 2.86. The Kier molecular flexibility index (Phi) is 4.10. The number of aromatic nitrogens is 2. The van der Waals surface area contributed by atoms with Gasteiger partial charge >= 0.3 is 0 Å². The number of nitro benzene ring substituents is 1. The van der Waals surface area contributed by atoms with E-state index in [9.17, 15) is 10.1 Å². The van der Waals surface area contributed by atoms with Crippen LogP contribution in [0.25, 0.3) is 0 Å². The van der Waals surface area contributed by atoms with E-state index in [1.165, 1.54) is 18.2 Å². The summed E-state index contributed by atoms with van der Waals surface area (Å²) in [5.74, 6) is 0.704. The van der Waals surface area contributed by atoms with Gasteiger partial charge in [-0.2, -0.15) is 4.98 Å². The molecule has 2 aromatic rings. The van der Waals surface area contributed by atoms with Gasteiger partial charge in [-0.1, -0.05) is 16.8 Å². The van der Waals surface area contributed by atoms with Crippen molar-refractivity contribution < 1.29 is 14.2 Å². The molecule has 0 aliphatic heterocycles. The number of hydrogen-bond donors (Lipinski definition) is 1. The molecule has 2 rings (SSSR count). The second-order valence-corrected chi connectivity index (χ2v) is 5.30. The van der Waals surface area contributed by atoms with Gasteiger partial charge in [0.05, 0.1) is 21.6 Å². The van der Waals surface area contributed by atoms with Crippen LogP contribution in [0.5, 0.6) is 5.75 Å². The zero-order chi connectivity index (χ0) is 15.6. The van der Waals surface area contributed by atoms with Crippen LogP contribution >= 0.6 is 11.6 Å². The maximum Gasteiger partial charge on any atom is 0.273 e. The molecule has 1 aromatic heterocycles. The van der Waals surface area contributed by atoms with E-state index >= 15 is 0 Å². The highest BCUT2D eigenvalue weighted by molar-refractivity contribution is 6.32. The smallest absolute Gasteiger partial charge is 0.273 e. The third kappa shape index (κ3) is 3.67. The number of nitrogens with zero attached hydrogens (tertiary/aromatic N) is 3. The normalized spacial score (nSPS) is 11.4. The van der Waals surface area contributed by atoms with E-state index in [2.05, 4.69) is 10.1 Å². The first-order valence-electron chi connectivity index (χ1n) is 5.96. The standard InChI is InChI=1S/C12H13ClN4O4/c1-12(2,14)11-15-10(21-16-11)6-20-9-5-7(17(18)19)3-4-8(9)13/h3-5H,6,14H2,1-2H3. The fraction of sp³-hybridized carbons (Fsp3) is 0.333. The lowest BCUT2D eigenvalue weighted by Crippen LogP contribution is -2.30. The molecule has 0 aliphatic rings. The molecule has 0 fully saturated rings. The molecule has 0 bridgehead atoms. The summed E-state index contributed by atoms with van der Waals surface area (Å²) < 4.78 is 10.4. The summed E-state index contributed by atoms with van der Waals surface area (Å²) in [5, 5.41) is 14.7. The van der Waals surface area contributed by atoms with Crippen molar-refractivity contribution in [2.45, 2.75) is 26.0 Å². The largest absolute Gasteiger partial charge is 0.482 e. The molecule has 112 valence electrons. The van der Waals surface area contributed by atoms with Crippen LogP contribution in [0.4, 0.5) is 5.69 Å². The van der Waals surface area contributed by atoms with Gasteiger partial charge in [0.2, 0.25) is 0 Å². The minimum atomic E-state index is -0.731. The summed E-state index contributed by atoms with van der Waals surface area (Å²) in [6, 6.07) is 3.90. The molecule has 2 N–H and O–H groups in total. The predicted octanol–water partition coefficient (Wildman–Crippen LogP) is 2.40. The van der Waals surface area contributed by atoms with Gasteiger partial charge in [0.1, 0.15) is 5.75 Å². The van der Waals surface area contributed by atoms with Gasteiger partial charge in [-0.3, -0.25) is 10.1 Å². The number of hydrogen-bond acceptors (Lipinski definition) is 7. The van der Waals surface area contributed by atoms with Crippen LogP contribution in [-0.2, 0) is 12.1 Å². The molecular weight excluding hydrogens is 300 g/mol. The van der Waals surface area contributed by atoms with Crippen molar-refractivity contribution in [1.82, 2.24) is 10.1 Å². The zero-order valence-electron chi connectivity index (χ0n) is 11.4. The van der Waals surface area contributed by atoms with Crippen LogP contribution < -0.4 is 10.5 Å². The number of non-ortho nitro benzene ring substituents is 1. The summed E-state index contributed by atoms with van der Waals surface area (Å²) in [4.78, 5) is 14.2. The lowest BCUT2D eigenvalue weighted by atomic mass is 10.1. The monoisotopic (exact) mass is 312 g/mol. The minimum absolute atomic E-state index is 0.0655. The molecule has 9 heteroatoms. The number of ether oxygens (including phenoxy) is 1. The van der Waals surface area contributed by atoms with E-state index in [1.54, 1.807) is 13.8 Å². The first-order chi connectivity index (χ1) is 9.77. The molecule has 0 saturated heterocycles. The first-order valence-corrected chi connectivity index (χ1v) is 6.34. The van der Waals surface area contributed by atoms with Gasteiger partial charge in [-0.15, -0.1) is 0 Å². The van der Waals surface area contributed by atoms with Crippen molar-refractivity contribution in [2.75, 3.05) is 0 Å². The van der Waals surface area contributed by atoms with E-state index in [0.29, 0.717) is 5.82 Å². The lowest BCUT2D eigenvalue weighted by Gasteiger charge is -2.11. The SMILES string of the molecule is CC(C)(N)c1noc(COc2cc([N+](=O)[O-])ccc2Cl)n1. The molecule has 0 unspecified atom stereocenters. The highest BCUT2D eigenvalue weighted by Crippen LogP contribution is 2.29. The Labute approximate surface area is 125 Å². The Hall–Kier alpha value is -2.19. The van der Waals surface area contributed by atoms with Crippen molar-refractivity contribution >= 4 is 17.3 Å². The van der Waals surface area contributed by atoms with Gasteiger partial charge < -0.3 is 15.0 Å². The zero-order valence-corrected chi connectivity index (χ0v) is 12.1. The molecule has 1 aromatic carbocycles. The van der Waals surface area contributed by atoms with Crippen LogP contribution in [0.1, 0.15) is 25.6 Å². The van der Waals surface area contributed by atoms with Gasteiger partial charge in [-0.05, 0) is 19.9 Å². The summed E-state index contributed by atoms with van der Waals surface area (Å²) in [7, 11) is 0. The maximum atomic E-state index is 10.7. The lowest BCUT2D eigenvalue weighted by molar-refractivity contribution is -0.384. The molecule has 0 amide bonds. The van der Waals surface area contributed by atoms with Crippen molar-refractivity contribution in [1.29, 1.82) is 0 Å². The van der Waals surface area contributed by atoms with Gasteiger partial charge in [0.15, 0.2) is 12.4 Å². The van der Waals surface area contributed by atoms with Crippen LogP contribution in [0, 0.1) is 10.1 Å². The van der Waals surface area contributed by atoms with E-state index < -0.39 is 10.5 Å². The Bertz CT molecular complexity index is 666. The number of nitrogens with two attached hydrogens (primary N) is 1. The third-order valence-corrected chi connectivity index (χ3v) is 2.83. The molecule has 0 saturated carbocycles. The Morgan fingerprint density at radius 2 is 2.24 bits per heavy atom. The summed E-state index contributed by atoms with van der Waals surface area (Å²) in [6.07, 6.45) is 0. The van der Waals surface area contributed by atoms with E-state index in [0.717, 1.165) is 0 Å². The molecule has 0 spiro atoms. The first kappa shape index (κ1) is 15.2. The number of benzene rings is 1. The van der Waals surface area contributed by atoms with E-state index in [1.807, 2.05) is 0 Å². The maximum absolute atomic E-state index is 10.7. The Morgan fingerprint density at radius 1 is 1.52 bits per heavy atom. The summed E-state index contributed by atoms with van der Waals surface area (Å²) >= 11 is 5.91. The summed E-state index contributed by atoms with van der Waals surface area (Å²) in [6.45, 7) is 3.41. The quantitative estimate of drug-likeness (QED) is 0.665. The van der Waals surface area contributed by atoms with Crippen LogP contribution in [0.2, 0.25) is 5.02 Å². The van der Waals surface area contributed by atoms with Gasteiger partial charge in [0, 0.05) is 6.07 Å². The molecule has 0 aliphatic carbocycles. The predicted molar refractivity (Wildman–Crippen MR) is 73.9 cm³/mol. The van der Waals surface area contributed by atoms with Crippen molar-refractivity contribution in [3.05, 3.63) is 45.1 Å². The number of nitro groups is 1. The second kappa shape index (κ2) is 5.66. The third-order valence-electron chi connectivity index (χ3n) is 2.52. The summed E-state index contributed by atoms with van der Waals surface area (Å²) in [5.41, 5.74) is 4.98. The van der Waals surface area contributed by atoms with E-state index in [-0.39, 0.29) is 29.0 Å². The van der Waals surface area contributed by atoms with Crippen molar-refractivity contribution in [3.8, 4) is 5.75 Å². The van der Waals surface area contributed by atoms with E-state index in [4.69, 9.17) is 26.6 Å². The molecule has 21 heavy (non-hydrogen) atoms. The van der Waals surface area contributed by atoms with Gasteiger partial charge in [0.25, 0.3) is 11.6 Å². The highest BCUT2D eigenvalue weighted by Gasteiger charge is 2.21. The highest BCUT2D eigenvalue weighted by atomic mass is 35.5.